The molecule has 31 heavy (non-hydrogen) atoms. The van der Waals surface area contributed by atoms with Crippen LogP contribution in [0, 0.1) is 0 Å². The summed E-state index contributed by atoms with van der Waals surface area (Å²) >= 11 is 0. The number of aliphatic hydroxyl groups excluding tert-OH is 1. The molecular formula is C25H25NO5. The van der Waals surface area contributed by atoms with Crippen LogP contribution in [0.1, 0.15) is 29.4 Å². The van der Waals surface area contributed by atoms with Crippen molar-refractivity contribution in [3.05, 3.63) is 102 Å². The first kappa shape index (κ1) is 20.3. The van der Waals surface area contributed by atoms with E-state index < -0.39 is 30.9 Å². The molecule has 6 atom stereocenters. The summed E-state index contributed by atoms with van der Waals surface area (Å²) < 4.78 is 25.1. The summed E-state index contributed by atoms with van der Waals surface area (Å²) in [7, 11) is 0. The maximum atomic E-state index is 10.1. The topological polar surface area (TPSA) is 70.0 Å². The first-order valence-electron chi connectivity index (χ1n) is 10.5. The zero-order chi connectivity index (χ0) is 21.0. The molecule has 2 saturated heterocycles. The highest BCUT2D eigenvalue weighted by Gasteiger charge is 2.50. The van der Waals surface area contributed by atoms with Crippen molar-refractivity contribution in [3.8, 4) is 0 Å². The van der Waals surface area contributed by atoms with Crippen LogP contribution in [0.4, 0.5) is 0 Å². The molecule has 6 heteroatoms. The van der Waals surface area contributed by atoms with Gasteiger partial charge in [0.15, 0.2) is 12.6 Å². The molecule has 0 spiro atoms. The van der Waals surface area contributed by atoms with Gasteiger partial charge in [-0.1, -0.05) is 66.7 Å². The number of aliphatic hydroxyl groups is 1. The van der Waals surface area contributed by atoms with Gasteiger partial charge in [0.2, 0.25) is 0 Å². The second-order valence-electron chi connectivity index (χ2n) is 7.74. The Balaban J connectivity index is 1.46. The molecule has 2 aromatic carbocycles. The monoisotopic (exact) mass is 419 g/mol. The van der Waals surface area contributed by atoms with Crippen LogP contribution in [0.3, 0.4) is 0 Å². The van der Waals surface area contributed by atoms with Crippen molar-refractivity contribution in [2.45, 2.75) is 43.4 Å². The Kier molecular flexibility index (Phi) is 6.06. The molecule has 6 nitrogen and oxygen atoms in total. The Hall–Kier alpha value is -2.61. The number of fused-ring (bicyclic) bond motifs is 1. The molecule has 3 aromatic rings. The molecule has 2 fully saturated rings. The van der Waals surface area contributed by atoms with E-state index in [9.17, 15) is 5.11 Å². The van der Waals surface area contributed by atoms with Crippen molar-refractivity contribution >= 4 is 0 Å². The molecular weight excluding hydrogens is 394 g/mol. The Morgan fingerprint density at radius 3 is 1.74 bits per heavy atom. The number of nitrogens with zero attached hydrogens (tertiary/aromatic N) is 1. The Bertz CT molecular complexity index is 955. The van der Waals surface area contributed by atoms with E-state index in [0.29, 0.717) is 6.42 Å². The Morgan fingerprint density at radius 2 is 1.19 bits per heavy atom. The summed E-state index contributed by atoms with van der Waals surface area (Å²) in [5.41, 5.74) is 2.71. The zero-order valence-corrected chi connectivity index (χ0v) is 17.0. The summed E-state index contributed by atoms with van der Waals surface area (Å²) in [4.78, 5) is 4.47. The van der Waals surface area contributed by atoms with Gasteiger partial charge in [-0.05, 0) is 12.1 Å². The fraction of sp³-hybridized carbons (Fsp3) is 0.320. The van der Waals surface area contributed by atoms with Crippen LogP contribution in [-0.4, -0.2) is 41.1 Å². The summed E-state index contributed by atoms with van der Waals surface area (Å²) in [6, 6.07) is 25.3. The van der Waals surface area contributed by atoms with Gasteiger partial charge in [-0.15, -0.1) is 0 Å². The van der Waals surface area contributed by atoms with Crippen molar-refractivity contribution in [2.75, 3.05) is 6.61 Å². The lowest BCUT2D eigenvalue weighted by molar-refractivity contribution is -0.384. The minimum absolute atomic E-state index is 0.175. The number of aromatic nitrogens is 1. The molecule has 0 bridgehead atoms. The first-order valence-corrected chi connectivity index (χ1v) is 10.5. The maximum absolute atomic E-state index is 10.1. The van der Waals surface area contributed by atoms with Gasteiger partial charge in [-0.25, -0.2) is 0 Å². The van der Waals surface area contributed by atoms with Gasteiger partial charge in [0.1, 0.15) is 18.3 Å². The van der Waals surface area contributed by atoms with Gasteiger partial charge in [-0.2, -0.15) is 0 Å². The summed E-state index contributed by atoms with van der Waals surface area (Å²) in [6.45, 7) is -0.175. The first-order chi connectivity index (χ1) is 15.3. The van der Waals surface area contributed by atoms with Crippen LogP contribution < -0.4 is 0 Å². The molecule has 2 aliphatic rings. The molecule has 1 N–H and O–H groups in total. The van der Waals surface area contributed by atoms with E-state index in [4.69, 9.17) is 18.9 Å². The SMILES string of the molecule is OC[C@H]1OC(c2ccccc2)O[C@@H]2[C@@H]1OC(c1ccccc1)O[C@@H]2Cc1ccccn1. The van der Waals surface area contributed by atoms with Crippen molar-refractivity contribution in [3.63, 3.8) is 0 Å². The van der Waals surface area contributed by atoms with Crippen molar-refractivity contribution in [1.29, 1.82) is 0 Å². The standard InChI is InChI=1S/C25H25NO5/c27-16-21-23-22(30-25(29-21)18-11-5-2-6-12-18)20(15-19-13-7-8-14-26-19)28-24(31-23)17-9-3-1-4-10-17/h1-14,20-25,27H,15-16H2/t20-,21-,22+,23-,24?,25?/m1/s1. The van der Waals surface area contributed by atoms with Crippen LogP contribution in [0.15, 0.2) is 85.1 Å². The number of hydrogen-bond acceptors (Lipinski definition) is 6. The van der Waals surface area contributed by atoms with E-state index in [1.54, 1.807) is 6.20 Å². The fourth-order valence-corrected chi connectivity index (χ4v) is 4.15. The molecule has 1 aromatic heterocycles. The second-order valence-corrected chi connectivity index (χ2v) is 7.74. The predicted octanol–water partition coefficient (Wildman–Crippen LogP) is 3.58. The second kappa shape index (κ2) is 9.26. The van der Waals surface area contributed by atoms with Crippen molar-refractivity contribution in [2.24, 2.45) is 0 Å². The maximum Gasteiger partial charge on any atom is 0.184 e. The third kappa shape index (κ3) is 4.39. The third-order valence-corrected chi connectivity index (χ3v) is 5.67. The van der Waals surface area contributed by atoms with E-state index in [2.05, 4.69) is 4.98 Å². The van der Waals surface area contributed by atoms with Crippen LogP contribution in [0.5, 0.6) is 0 Å². The molecule has 3 heterocycles. The summed E-state index contributed by atoms with van der Waals surface area (Å²) in [5, 5.41) is 10.1. The normalized spacial score (nSPS) is 30.5. The lowest BCUT2D eigenvalue weighted by Gasteiger charge is -2.49. The quantitative estimate of drug-likeness (QED) is 0.682. The fourth-order valence-electron chi connectivity index (χ4n) is 4.15. The molecule has 2 aliphatic heterocycles. The molecule has 0 amide bonds. The minimum atomic E-state index is -0.605. The summed E-state index contributed by atoms with van der Waals surface area (Å²) in [6.07, 6.45) is -0.593. The van der Waals surface area contributed by atoms with Gasteiger partial charge >= 0.3 is 0 Å². The largest absolute Gasteiger partial charge is 0.394 e. The highest BCUT2D eigenvalue weighted by molar-refractivity contribution is 5.19. The van der Waals surface area contributed by atoms with E-state index >= 15 is 0 Å². The molecule has 0 saturated carbocycles. The lowest BCUT2D eigenvalue weighted by Crippen LogP contribution is -2.59. The molecule has 0 radical (unpaired) electrons. The van der Waals surface area contributed by atoms with Gasteiger partial charge < -0.3 is 24.1 Å². The Morgan fingerprint density at radius 1 is 0.645 bits per heavy atom. The van der Waals surface area contributed by atoms with Crippen LogP contribution in [0.25, 0.3) is 0 Å². The molecule has 0 aliphatic carbocycles. The van der Waals surface area contributed by atoms with E-state index in [0.717, 1.165) is 16.8 Å². The molecule has 2 unspecified atom stereocenters. The number of rotatable bonds is 5. The number of pyridine rings is 1. The average Bonchev–Trinajstić information content (AvgIpc) is 2.85. The van der Waals surface area contributed by atoms with E-state index in [1.165, 1.54) is 0 Å². The van der Waals surface area contributed by atoms with Gasteiger partial charge in [0.25, 0.3) is 0 Å². The highest BCUT2D eigenvalue weighted by Crippen LogP contribution is 2.41. The number of benzene rings is 2. The van der Waals surface area contributed by atoms with Crippen LogP contribution in [0.2, 0.25) is 0 Å². The lowest BCUT2D eigenvalue weighted by atomic mass is 9.95. The van der Waals surface area contributed by atoms with Gasteiger partial charge in [-0.3, -0.25) is 4.98 Å². The van der Waals surface area contributed by atoms with E-state index in [-0.39, 0.29) is 12.7 Å². The predicted molar refractivity (Wildman–Crippen MR) is 113 cm³/mol. The molecule has 160 valence electrons. The highest BCUT2D eigenvalue weighted by atomic mass is 16.8. The zero-order valence-electron chi connectivity index (χ0n) is 17.0. The third-order valence-electron chi connectivity index (χ3n) is 5.67. The summed E-state index contributed by atoms with van der Waals surface area (Å²) in [5.74, 6) is 0. The average molecular weight is 419 g/mol. The molecule has 5 rings (SSSR count). The van der Waals surface area contributed by atoms with Crippen LogP contribution in [-0.2, 0) is 25.4 Å². The van der Waals surface area contributed by atoms with Crippen molar-refractivity contribution in [1.82, 2.24) is 4.98 Å². The smallest absolute Gasteiger partial charge is 0.184 e. The number of hydrogen-bond donors (Lipinski definition) is 1. The van der Waals surface area contributed by atoms with Gasteiger partial charge in [0, 0.05) is 29.4 Å². The Labute approximate surface area is 181 Å². The van der Waals surface area contributed by atoms with Crippen molar-refractivity contribution < 1.29 is 24.1 Å². The minimum Gasteiger partial charge on any atom is -0.394 e. The van der Waals surface area contributed by atoms with E-state index in [1.807, 2.05) is 78.9 Å². The van der Waals surface area contributed by atoms with Crippen LogP contribution >= 0.6 is 0 Å². The van der Waals surface area contributed by atoms with Gasteiger partial charge in [0.05, 0.1) is 12.7 Å². The number of ether oxygens (including phenoxy) is 4.